The minimum absolute atomic E-state index is 0.308. The van der Waals surface area contributed by atoms with Crippen molar-refractivity contribution < 1.29 is 13.2 Å². The molecule has 0 saturated heterocycles. The Kier molecular flexibility index (Phi) is 4.44. The zero-order chi connectivity index (χ0) is 14.8. The summed E-state index contributed by atoms with van der Waals surface area (Å²) in [5, 5.41) is 6.48. The highest BCUT2D eigenvalue weighted by Crippen LogP contribution is 2.35. The molecule has 2 rings (SSSR count). The van der Waals surface area contributed by atoms with Crippen LogP contribution in [0.2, 0.25) is 0 Å². The number of thiazole rings is 1. The molecule has 20 heavy (non-hydrogen) atoms. The molecule has 2 aromatic rings. The third-order valence-corrected chi connectivity index (χ3v) is 3.81. The van der Waals surface area contributed by atoms with Crippen LogP contribution in [0.3, 0.4) is 0 Å². The SMILES string of the molecule is CCCNC(c1cnn(C)c1)c1cnc(C(F)(F)F)s1. The maximum Gasteiger partial charge on any atom is 0.443 e. The molecule has 8 heteroatoms. The van der Waals surface area contributed by atoms with E-state index in [1.807, 2.05) is 6.92 Å². The smallest absolute Gasteiger partial charge is 0.305 e. The van der Waals surface area contributed by atoms with E-state index in [2.05, 4.69) is 15.4 Å². The van der Waals surface area contributed by atoms with Gasteiger partial charge in [-0.1, -0.05) is 6.92 Å². The second-order valence-electron chi connectivity index (χ2n) is 4.40. The van der Waals surface area contributed by atoms with Crippen LogP contribution >= 0.6 is 11.3 Å². The highest BCUT2D eigenvalue weighted by molar-refractivity contribution is 7.11. The summed E-state index contributed by atoms with van der Waals surface area (Å²) in [6, 6.07) is -0.308. The predicted molar refractivity (Wildman–Crippen MR) is 70.5 cm³/mol. The van der Waals surface area contributed by atoms with Gasteiger partial charge in [0.25, 0.3) is 0 Å². The van der Waals surface area contributed by atoms with Crippen molar-refractivity contribution in [1.82, 2.24) is 20.1 Å². The first-order valence-corrected chi connectivity index (χ1v) is 6.98. The van der Waals surface area contributed by atoms with Gasteiger partial charge in [0.15, 0.2) is 5.01 Å². The van der Waals surface area contributed by atoms with Crippen LogP contribution in [-0.4, -0.2) is 21.3 Å². The Morgan fingerprint density at radius 1 is 1.40 bits per heavy atom. The van der Waals surface area contributed by atoms with E-state index < -0.39 is 11.2 Å². The van der Waals surface area contributed by atoms with Gasteiger partial charge in [-0.2, -0.15) is 18.3 Å². The number of aromatic nitrogens is 3. The van der Waals surface area contributed by atoms with E-state index in [9.17, 15) is 13.2 Å². The molecule has 1 atom stereocenters. The molecule has 110 valence electrons. The van der Waals surface area contributed by atoms with E-state index in [0.717, 1.165) is 12.0 Å². The van der Waals surface area contributed by atoms with Crippen LogP contribution in [0.1, 0.15) is 34.8 Å². The van der Waals surface area contributed by atoms with E-state index in [4.69, 9.17) is 0 Å². The van der Waals surface area contributed by atoms with E-state index in [0.29, 0.717) is 22.8 Å². The fraction of sp³-hybridized carbons (Fsp3) is 0.500. The summed E-state index contributed by atoms with van der Waals surface area (Å²) < 4.78 is 39.5. The topological polar surface area (TPSA) is 42.7 Å². The molecule has 2 aromatic heterocycles. The van der Waals surface area contributed by atoms with Crippen molar-refractivity contribution in [3.63, 3.8) is 0 Å². The van der Waals surface area contributed by atoms with Gasteiger partial charge >= 0.3 is 6.18 Å². The molecule has 0 bridgehead atoms. The summed E-state index contributed by atoms with van der Waals surface area (Å²) in [7, 11) is 1.77. The van der Waals surface area contributed by atoms with Gasteiger partial charge in [-0.15, -0.1) is 11.3 Å². The summed E-state index contributed by atoms with van der Waals surface area (Å²) in [5.41, 5.74) is 0.832. The summed E-state index contributed by atoms with van der Waals surface area (Å²) >= 11 is 0.667. The minimum Gasteiger partial charge on any atom is -0.305 e. The number of rotatable bonds is 5. The molecule has 0 aromatic carbocycles. The van der Waals surface area contributed by atoms with Crippen molar-refractivity contribution in [2.75, 3.05) is 6.54 Å². The zero-order valence-electron chi connectivity index (χ0n) is 11.1. The van der Waals surface area contributed by atoms with Crippen LogP contribution in [0, 0.1) is 0 Å². The molecule has 0 fully saturated rings. The van der Waals surface area contributed by atoms with Gasteiger partial charge in [0, 0.05) is 29.9 Å². The first kappa shape index (κ1) is 15.0. The number of hydrogen-bond acceptors (Lipinski definition) is 4. The van der Waals surface area contributed by atoms with Crippen molar-refractivity contribution in [2.45, 2.75) is 25.6 Å². The molecule has 0 radical (unpaired) electrons. The Bertz CT molecular complexity index is 561. The summed E-state index contributed by atoms with van der Waals surface area (Å²) in [5.74, 6) is 0. The maximum atomic E-state index is 12.6. The van der Waals surface area contributed by atoms with Gasteiger partial charge in [-0.3, -0.25) is 4.68 Å². The molecule has 1 unspecified atom stereocenters. The molecular formula is C12H15F3N4S. The predicted octanol–water partition coefficient (Wildman–Crippen LogP) is 2.98. The van der Waals surface area contributed by atoms with Gasteiger partial charge in [0.1, 0.15) is 0 Å². The third kappa shape index (κ3) is 3.37. The summed E-state index contributed by atoms with van der Waals surface area (Å²) in [6.07, 6.45) is 1.23. The quantitative estimate of drug-likeness (QED) is 0.923. The standard InChI is InChI=1S/C12H15F3N4S/c1-3-4-16-10(8-5-18-19(2)7-8)9-6-17-11(20-9)12(13,14)15/h5-7,10,16H,3-4H2,1-2H3. The molecule has 1 N–H and O–H groups in total. The van der Waals surface area contributed by atoms with E-state index in [1.54, 1.807) is 24.1 Å². The molecular weight excluding hydrogens is 289 g/mol. The lowest BCUT2D eigenvalue weighted by Gasteiger charge is -2.14. The number of alkyl halides is 3. The molecule has 0 aliphatic heterocycles. The fourth-order valence-electron chi connectivity index (χ4n) is 1.81. The first-order chi connectivity index (χ1) is 9.41. The molecule has 0 spiro atoms. The zero-order valence-corrected chi connectivity index (χ0v) is 11.9. The number of halogens is 3. The van der Waals surface area contributed by atoms with Gasteiger partial charge in [-0.05, 0) is 13.0 Å². The maximum absolute atomic E-state index is 12.6. The van der Waals surface area contributed by atoms with Gasteiger partial charge in [0.05, 0.1) is 12.2 Å². The summed E-state index contributed by atoms with van der Waals surface area (Å²) in [4.78, 5) is 4.02. The Labute approximate surface area is 118 Å². The lowest BCUT2D eigenvalue weighted by Crippen LogP contribution is -2.22. The molecule has 0 aliphatic rings. The lowest BCUT2D eigenvalue weighted by atomic mass is 10.1. The second kappa shape index (κ2) is 5.92. The average Bonchev–Trinajstić information content (AvgIpc) is 2.99. The average molecular weight is 304 g/mol. The fourth-order valence-corrected chi connectivity index (χ4v) is 2.70. The molecule has 0 saturated carbocycles. The van der Waals surface area contributed by atoms with E-state index >= 15 is 0 Å². The minimum atomic E-state index is -4.40. The van der Waals surface area contributed by atoms with Crippen molar-refractivity contribution in [1.29, 1.82) is 0 Å². The van der Waals surface area contributed by atoms with Crippen LogP contribution in [0.4, 0.5) is 13.2 Å². The van der Waals surface area contributed by atoms with Gasteiger partial charge < -0.3 is 5.32 Å². The van der Waals surface area contributed by atoms with Crippen molar-refractivity contribution in [3.05, 3.63) is 34.0 Å². The second-order valence-corrected chi connectivity index (χ2v) is 5.46. The van der Waals surface area contributed by atoms with Gasteiger partial charge in [0.2, 0.25) is 0 Å². The molecule has 4 nitrogen and oxygen atoms in total. The number of aryl methyl sites for hydroxylation is 1. The van der Waals surface area contributed by atoms with Crippen LogP contribution in [0.15, 0.2) is 18.6 Å². The Balaban J connectivity index is 2.29. The Hall–Kier alpha value is -1.41. The van der Waals surface area contributed by atoms with Crippen LogP contribution in [-0.2, 0) is 13.2 Å². The summed E-state index contributed by atoms with van der Waals surface area (Å²) in [6.45, 7) is 2.71. The third-order valence-electron chi connectivity index (χ3n) is 2.71. The Morgan fingerprint density at radius 2 is 2.15 bits per heavy atom. The van der Waals surface area contributed by atoms with E-state index in [1.165, 1.54) is 6.20 Å². The lowest BCUT2D eigenvalue weighted by molar-refractivity contribution is -0.137. The largest absolute Gasteiger partial charge is 0.443 e. The monoisotopic (exact) mass is 304 g/mol. The number of nitrogens with one attached hydrogen (secondary N) is 1. The van der Waals surface area contributed by atoms with Crippen LogP contribution in [0.25, 0.3) is 0 Å². The van der Waals surface area contributed by atoms with Crippen LogP contribution < -0.4 is 5.32 Å². The number of nitrogens with zero attached hydrogens (tertiary/aromatic N) is 3. The highest BCUT2D eigenvalue weighted by Gasteiger charge is 2.35. The normalized spacial score (nSPS) is 13.7. The Morgan fingerprint density at radius 3 is 2.65 bits per heavy atom. The van der Waals surface area contributed by atoms with Gasteiger partial charge in [-0.25, -0.2) is 4.98 Å². The first-order valence-electron chi connectivity index (χ1n) is 6.16. The van der Waals surface area contributed by atoms with Crippen molar-refractivity contribution in [2.24, 2.45) is 7.05 Å². The van der Waals surface area contributed by atoms with Crippen LogP contribution in [0.5, 0.6) is 0 Å². The number of hydrogen-bond donors (Lipinski definition) is 1. The van der Waals surface area contributed by atoms with Crippen molar-refractivity contribution in [3.8, 4) is 0 Å². The molecule has 0 aliphatic carbocycles. The molecule has 0 amide bonds. The highest BCUT2D eigenvalue weighted by atomic mass is 32.1. The van der Waals surface area contributed by atoms with Crippen molar-refractivity contribution >= 4 is 11.3 Å². The van der Waals surface area contributed by atoms with E-state index in [-0.39, 0.29) is 6.04 Å². The molecule has 2 heterocycles.